The number of rotatable bonds is 6. The topological polar surface area (TPSA) is 80.9 Å². The third-order valence-electron chi connectivity index (χ3n) is 6.62. The Bertz CT molecular complexity index is 1290. The van der Waals surface area contributed by atoms with Crippen LogP contribution in [0.5, 0.6) is 23.0 Å². The van der Waals surface area contributed by atoms with Crippen LogP contribution < -0.4 is 0 Å². The summed E-state index contributed by atoms with van der Waals surface area (Å²) >= 11 is 0. The second-order valence-corrected chi connectivity index (χ2v) is 9.62. The molecule has 4 heteroatoms. The zero-order valence-corrected chi connectivity index (χ0v) is 20.7. The van der Waals surface area contributed by atoms with Gasteiger partial charge in [0.25, 0.3) is 0 Å². The third kappa shape index (κ3) is 5.43. The molecule has 0 fully saturated rings. The predicted molar refractivity (Wildman–Crippen MR) is 140 cm³/mol. The Morgan fingerprint density at radius 2 is 0.743 bits per heavy atom. The fraction of sp³-hybridized carbons (Fsp3) is 0.226. The first kappa shape index (κ1) is 24.2. The van der Waals surface area contributed by atoms with Crippen LogP contribution in [0.2, 0.25) is 0 Å². The van der Waals surface area contributed by atoms with Gasteiger partial charge in [-0.3, -0.25) is 0 Å². The fourth-order valence-corrected chi connectivity index (χ4v) is 4.78. The van der Waals surface area contributed by atoms with Crippen LogP contribution in [0.25, 0.3) is 0 Å². The smallest absolute Gasteiger partial charge is 0.122 e. The molecule has 0 saturated heterocycles. The monoisotopic (exact) mass is 468 g/mol. The van der Waals surface area contributed by atoms with Gasteiger partial charge in [-0.1, -0.05) is 47.5 Å². The Morgan fingerprint density at radius 1 is 0.429 bits per heavy atom. The van der Waals surface area contributed by atoms with Crippen molar-refractivity contribution in [3.8, 4) is 23.0 Å². The van der Waals surface area contributed by atoms with E-state index in [-0.39, 0.29) is 23.0 Å². The van der Waals surface area contributed by atoms with Crippen molar-refractivity contribution in [2.75, 3.05) is 0 Å². The lowest BCUT2D eigenvalue weighted by Gasteiger charge is -2.16. The van der Waals surface area contributed by atoms with Gasteiger partial charge in [-0.2, -0.15) is 0 Å². The SMILES string of the molecule is Cc1cc(Cc2ccc(O)cc2C)c(O)c(Cc2cc(C)cc(Cc3ccc(O)cc3C)c2O)c1. The molecule has 0 saturated carbocycles. The molecule has 0 spiro atoms. The highest BCUT2D eigenvalue weighted by Crippen LogP contribution is 2.34. The minimum absolute atomic E-state index is 0.230. The molecular formula is C31H32O4. The van der Waals surface area contributed by atoms with Crippen molar-refractivity contribution in [1.82, 2.24) is 0 Å². The number of aromatic hydroxyl groups is 4. The molecule has 35 heavy (non-hydrogen) atoms. The molecular weight excluding hydrogens is 436 g/mol. The predicted octanol–water partition coefficient (Wildman–Crippen LogP) is 6.52. The van der Waals surface area contributed by atoms with E-state index >= 15 is 0 Å². The van der Waals surface area contributed by atoms with E-state index in [1.165, 1.54) is 0 Å². The van der Waals surface area contributed by atoms with Crippen molar-refractivity contribution in [2.24, 2.45) is 0 Å². The Kier molecular flexibility index (Phi) is 6.74. The van der Waals surface area contributed by atoms with Crippen molar-refractivity contribution in [2.45, 2.75) is 47.0 Å². The molecule has 0 aliphatic rings. The number of phenolic OH excluding ortho intramolecular Hbond substituents is 4. The van der Waals surface area contributed by atoms with E-state index < -0.39 is 0 Å². The number of phenols is 4. The van der Waals surface area contributed by atoms with Crippen LogP contribution in [-0.4, -0.2) is 20.4 Å². The lowest BCUT2D eigenvalue weighted by atomic mass is 9.91. The van der Waals surface area contributed by atoms with Crippen LogP contribution in [0, 0.1) is 27.7 Å². The van der Waals surface area contributed by atoms with E-state index in [4.69, 9.17) is 0 Å². The first-order valence-corrected chi connectivity index (χ1v) is 11.8. The van der Waals surface area contributed by atoms with Crippen LogP contribution in [0.4, 0.5) is 0 Å². The van der Waals surface area contributed by atoms with Crippen molar-refractivity contribution in [3.63, 3.8) is 0 Å². The van der Waals surface area contributed by atoms with Gasteiger partial charge in [-0.25, -0.2) is 0 Å². The van der Waals surface area contributed by atoms with E-state index in [1.807, 2.05) is 64.1 Å². The minimum atomic E-state index is 0.230. The van der Waals surface area contributed by atoms with E-state index in [0.29, 0.717) is 19.3 Å². The summed E-state index contributed by atoms with van der Waals surface area (Å²) < 4.78 is 0. The first-order chi connectivity index (χ1) is 16.6. The number of aryl methyl sites for hydroxylation is 4. The molecule has 0 bridgehead atoms. The van der Waals surface area contributed by atoms with E-state index in [9.17, 15) is 20.4 Å². The summed E-state index contributed by atoms with van der Waals surface area (Å²) in [7, 11) is 0. The molecule has 0 heterocycles. The van der Waals surface area contributed by atoms with Gasteiger partial charge < -0.3 is 20.4 Å². The molecule has 0 radical (unpaired) electrons. The zero-order chi connectivity index (χ0) is 25.3. The zero-order valence-electron chi connectivity index (χ0n) is 20.7. The summed E-state index contributed by atoms with van der Waals surface area (Å²) in [6, 6.07) is 18.5. The van der Waals surface area contributed by atoms with Crippen LogP contribution in [0.3, 0.4) is 0 Å². The Labute approximate surface area is 206 Å². The molecule has 0 aliphatic carbocycles. The van der Waals surface area contributed by atoms with Crippen molar-refractivity contribution in [3.05, 3.63) is 116 Å². The van der Waals surface area contributed by atoms with Crippen molar-refractivity contribution in [1.29, 1.82) is 0 Å². The van der Waals surface area contributed by atoms with Crippen LogP contribution in [0.1, 0.15) is 55.6 Å². The quantitative estimate of drug-likeness (QED) is 0.260. The molecule has 4 rings (SSSR count). The fourth-order valence-electron chi connectivity index (χ4n) is 4.78. The number of benzene rings is 4. The maximum Gasteiger partial charge on any atom is 0.122 e. The van der Waals surface area contributed by atoms with E-state index in [0.717, 1.165) is 55.6 Å². The summed E-state index contributed by atoms with van der Waals surface area (Å²) in [5, 5.41) is 41.7. The van der Waals surface area contributed by atoms with Gasteiger partial charge in [0.2, 0.25) is 0 Å². The lowest BCUT2D eigenvalue weighted by Crippen LogP contribution is -2.00. The van der Waals surface area contributed by atoms with Gasteiger partial charge in [0.15, 0.2) is 0 Å². The van der Waals surface area contributed by atoms with Crippen LogP contribution in [-0.2, 0) is 19.3 Å². The highest BCUT2D eigenvalue weighted by molar-refractivity contribution is 5.53. The Balaban J connectivity index is 1.67. The molecule has 4 aromatic carbocycles. The third-order valence-corrected chi connectivity index (χ3v) is 6.62. The second kappa shape index (κ2) is 9.75. The molecule has 180 valence electrons. The summed E-state index contributed by atoms with van der Waals surface area (Å²) in [5.41, 5.74) is 9.28. The Morgan fingerprint density at radius 3 is 1.06 bits per heavy atom. The maximum atomic E-state index is 11.2. The van der Waals surface area contributed by atoms with Gasteiger partial charge in [-0.15, -0.1) is 0 Å². The largest absolute Gasteiger partial charge is 0.508 e. The molecule has 0 aromatic heterocycles. The van der Waals surface area contributed by atoms with Gasteiger partial charge in [0.1, 0.15) is 23.0 Å². The van der Waals surface area contributed by atoms with Crippen molar-refractivity contribution >= 4 is 0 Å². The molecule has 0 aliphatic heterocycles. The first-order valence-electron chi connectivity index (χ1n) is 11.8. The molecule has 0 amide bonds. The summed E-state index contributed by atoms with van der Waals surface area (Å²) in [5.74, 6) is 0.932. The van der Waals surface area contributed by atoms with E-state index in [1.54, 1.807) is 24.3 Å². The minimum Gasteiger partial charge on any atom is -0.508 e. The summed E-state index contributed by atoms with van der Waals surface area (Å²) in [6.07, 6.45) is 1.51. The number of hydrogen-bond donors (Lipinski definition) is 4. The average Bonchev–Trinajstić information content (AvgIpc) is 2.78. The van der Waals surface area contributed by atoms with Gasteiger partial charge in [0, 0.05) is 19.3 Å². The van der Waals surface area contributed by atoms with Crippen LogP contribution in [0.15, 0.2) is 60.7 Å². The lowest BCUT2D eigenvalue weighted by molar-refractivity contribution is 0.456. The Hall–Kier alpha value is -3.92. The van der Waals surface area contributed by atoms with Gasteiger partial charge >= 0.3 is 0 Å². The van der Waals surface area contributed by atoms with Gasteiger partial charge in [0.05, 0.1) is 0 Å². The molecule has 4 nitrogen and oxygen atoms in total. The van der Waals surface area contributed by atoms with Crippen LogP contribution >= 0.6 is 0 Å². The highest BCUT2D eigenvalue weighted by atomic mass is 16.3. The number of hydrogen-bond acceptors (Lipinski definition) is 4. The van der Waals surface area contributed by atoms with Gasteiger partial charge in [-0.05, 0) is 96.5 Å². The highest BCUT2D eigenvalue weighted by Gasteiger charge is 2.16. The molecule has 0 unspecified atom stereocenters. The molecule has 0 atom stereocenters. The summed E-state index contributed by atoms with van der Waals surface area (Å²) in [6.45, 7) is 7.91. The second-order valence-electron chi connectivity index (χ2n) is 9.62. The van der Waals surface area contributed by atoms with Crippen molar-refractivity contribution < 1.29 is 20.4 Å². The standard InChI is InChI=1S/C31H32O4/c1-18-9-24(15-22-5-7-28(32)13-20(22)3)30(34)26(11-18)17-27-12-19(2)10-25(31(27)35)16-23-6-8-29(33)14-21(23)4/h5-14,32-35H,15-17H2,1-4H3. The summed E-state index contributed by atoms with van der Waals surface area (Å²) in [4.78, 5) is 0. The maximum absolute atomic E-state index is 11.2. The normalized spacial score (nSPS) is 11.1. The van der Waals surface area contributed by atoms with E-state index in [2.05, 4.69) is 0 Å². The molecule has 4 N–H and O–H groups in total. The molecule has 4 aromatic rings. The average molecular weight is 469 g/mol.